The number of para-hydroxylation sites is 2. The minimum Gasteiger partial charge on any atom is -0.329 e. The topological polar surface area (TPSA) is 29.9 Å². The number of nitrogens with one attached hydrogen (secondary N) is 1. The fourth-order valence-corrected chi connectivity index (χ4v) is 3.72. The molecular weight excluding hydrogens is 258 g/mol. The molecule has 1 atom stereocenters. The van der Waals surface area contributed by atoms with Crippen molar-refractivity contribution in [3.63, 3.8) is 0 Å². The number of aromatic nitrogens is 2. The maximum Gasteiger partial charge on any atom is 0.0958 e. The summed E-state index contributed by atoms with van der Waals surface area (Å²) in [5, 5.41) is 3.73. The second-order valence-corrected chi connectivity index (χ2v) is 6.30. The number of benzene rings is 1. The van der Waals surface area contributed by atoms with Crippen LogP contribution in [0.5, 0.6) is 0 Å². The molecule has 2 aromatic rings. The lowest BCUT2D eigenvalue weighted by Gasteiger charge is -2.27. The van der Waals surface area contributed by atoms with E-state index in [0.717, 1.165) is 24.5 Å². The zero-order chi connectivity index (χ0) is 14.5. The molecule has 1 aromatic carbocycles. The van der Waals surface area contributed by atoms with E-state index in [4.69, 9.17) is 0 Å². The Morgan fingerprint density at radius 2 is 1.95 bits per heavy atom. The van der Waals surface area contributed by atoms with Gasteiger partial charge < -0.3 is 9.88 Å². The fourth-order valence-electron chi connectivity index (χ4n) is 3.72. The van der Waals surface area contributed by atoms with Crippen molar-refractivity contribution in [3.8, 4) is 0 Å². The van der Waals surface area contributed by atoms with Crippen LogP contribution in [0.25, 0.3) is 11.0 Å². The van der Waals surface area contributed by atoms with Crippen LogP contribution in [0.2, 0.25) is 0 Å². The van der Waals surface area contributed by atoms with Crippen molar-refractivity contribution in [2.45, 2.75) is 58.0 Å². The molecule has 1 fully saturated rings. The summed E-state index contributed by atoms with van der Waals surface area (Å²) in [5.74, 6) is 0.814. The summed E-state index contributed by atoms with van der Waals surface area (Å²) < 4.78 is 2.33. The first kappa shape index (κ1) is 14.6. The molecule has 0 saturated heterocycles. The number of hydrogen-bond acceptors (Lipinski definition) is 2. The van der Waals surface area contributed by atoms with Crippen LogP contribution in [0.1, 0.15) is 45.4 Å². The highest BCUT2D eigenvalue weighted by Gasteiger charge is 2.22. The summed E-state index contributed by atoms with van der Waals surface area (Å²) in [6, 6.07) is 9.02. The van der Waals surface area contributed by atoms with E-state index in [0.29, 0.717) is 6.04 Å². The Hall–Kier alpha value is -1.35. The smallest absolute Gasteiger partial charge is 0.0958 e. The lowest BCUT2D eigenvalue weighted by Crippen LogP contribution is -2.39. The van der Waals surface area contributed by atoms with Gasteiger partial charge in [-0.05, 0) is 37.4 Å². The van der Waals surface area contributed by atoms with Gasteiger partial charge in [-0.3, -0.25) is 0 Å². The fraction of sp³-hybridized carbons (Fsp3) is 0.611. The lowest BCUT2D eigenvalue weighted by atomic mass is 9.91. The van der Waals surface area contributed by atoms with Gasteiger partial charge in [0.05, 0.1) is 17.4 Å². The van der Waals surface area contributed by atoms with Crippen molar-refractivity contribution in [2.24, 2.45) is 5.92 Å². The Kier molecular flexibility index (Phi) is 4.91. The van der Waals surface area contributed by atoms with E-state index < -0.39 is 0 Å². The van der Waals surface area contributed by atoms with Crippen molar-refractivity contribution >= 4 is 11.0 Å². The van der Waals surface area contributed by atoms with Crippen LogP contribution in [0.15, 0.2) is 30.6 Å². The van der Waals surface area contributed by atoms with Gasteiger partial charge >= 0.3 is 0 Å². The van der Waals surface area contributed by atoms with Gasteiger partial charge in [0.15, 0.2) is 0 Å². The third-order valence-corrected chi connectivity index (χ3v) is 4.86. The van der Waals surface area contributed by atoms with Crippen LogP contribution in [0.3, 0.4) is 0 Å². The molecule has 1 heterocycles. The Morgan fingerprint density at radius 1 is 1.19 bits per heavy atom. The molecule has 1 aliphatic carbocycles. The van der Waals surface area contributed by atoms with Gasteiger partial charge in [0.2, 0.25) is 0 Å². The van der Waals surface area contributed by atoms with Gasteiger partial charge in [-0.15, -0.1) is 0 Å². The molecular formula is C18H27N3. The Bertz CT molecular complexity index is 552. The van der Waals surface area contributed by atoms with Crippen LogP contribution in [0, 0.1) is 5.92 Å². The molecule has 0 bridgehead atoms. The maximum atomic E-state index is 4.53. The van der Waals surface area contributed by atoms with Crippen molar-refractivity contribution in [3.05, 3.63) is 30.6 Å². The molecule has 0 spiro atoms. The molecule has 1 saturated carbocycles. The highest BCUT2D eigenvalue weighted by Crippen LogP contribution is 2.27. The number of likely N-dealkylation sites (N-methyl/N-ethyl adjacent to an activating group) is 1. The van der Waals surface area contributed by atoms with E-state index in [1.165, 1.54) is 44.0 Å². The first-order valence-corrected chi connectivity index (χ1v) is 8.51. The summed E-state index contributed by atoms with van der Waals surface area (Å²) >= 11 is 0. The van der Waals surface area contributed by atoms with Crippen LogP contribution >= 0.6 is 0 Å². The number of fused-ring (bicyclic) bond motifs is 1. The van der Waals surface area contributed by atoms with E-state index in [-0.39, 0.29) is 0 Å². The zero-order valence-corrected chi connectivity index (χ0v) is 13.1. The van der Waals surface area contributed by atoms with Gasteiger partial charge in [0.1, 0.15) is 0 Å². The minimum absolute atomic E-state index is 0.575. The number of rotatable bonds is 5. The quantitative estimate of drug-likeness (QED) is 0.842. The molecule has 3 heteroatoms. The van der Waals surface area contributed by atoms with E-state index in [9.17, 15) is 0 Å². The van der Waals surface area contributed by atoms with Crippen LogP contribution in [-0.4, -0.2) is 22.1 Å². The molecule has 3 nitrogen and oxygen atoms in total. The lowest BCUT2D eigenvalue weighted by molar-refractivity contribution is 0.296. The highest BCUT2D eigenvalue weighted by molar-refractivity contribution is 5.74. The summed E-state index contributed by atoms with van der Waals surface area (Å²) in [5.41, 5.74) is 2.36. The average Bonchev–Trinajstić information content (AvgIpc) is 2.73. The third-order valence-electron chi connectivity index (χ3n) is 4.86. The predicted octanol–water partition coefficient (Wildman–Crippen LogP) is 3.98. The number of hydrogen-bond donors (Lipinski definition) is 1. The number of imidazole rings is 1. The Labute approximate surface area is 127 Å². The van der Waals surface area contributed by atoms with Crippen LogP contribution in [-0.2, 0) is 6.54 Å². The monoisotopic (exact) mass is 285 g/mol. The first-order chi connectivity index (χ1) is 10.4. The Balaban J connectivity index is 1.77. The third kappa shape index (κ3) is 3.46. The molecule has 1 N–H and O–H groups in total. The minimum atomic E-state index is 0.575. The van der Waals surface area contributed by atoms with E-state index in [1.807, 2.05) is 6.33 Å². The van der Waals surface area contributed by atoms with E-state index >= 15 is 0 Å². The zero-order valence-electron chi connectivity index (χ0n) is 13.1. The first-order valence-electron chi connectivity index (χ1n) is 8.51. The van der Waals surface area contributed by atoms with Gasteiger partial charge in [-0.2, -0.15) is 0 Å². The van der Waals surface area contributed by atoms with Gasteiger partial charge in [-0.1, -0.05) is 44.7 Å². The second-order valence-electron chi connectivity index (χ2n) is 6.30. The normalized spacial score (nSPS) is 18.7. The van der Waals surface area contributed by atoms with Gasteiger partial charge in [0.25, 0.3) is 0 Å². The summed E-state index contributed by atoms with van der Waals surface area (Å²) in [7, 11) is 0. The number of nitrogens with zero attached hydrogens (tertiary/aromatic N) is 2. The van der Waals surface area contributed by atoms with Crippen LogP contribution in [0.4, 0.5) is 0 Å². The molecule has 3 rings (SSSR count). The molecule has 21 heavy (non-hydrogen) atoms. The summed E-state index contributed by atoms with van der Waals surface area (Å²) in [6.45, 7) is 4.31. The highest BCUT2D eigenvalue weighted by atomic mass is 15.1. The van der Waals surface area contributed by atoms with Crippen molar-refractivity contribution in [1.29, 1.82) is 0 Å². The van der Waals surface area contributed by atoms with Gasteiger partial charge in [0, 0.05) is 12.6 Å². The average molecular weight is 285 g/mol. The molecule has 114 valence electrons. The summed E-state index contributed by atoms with van der Waals surface area (Å²) in [6.07, 6.45) is 10.4. The van der Waals surface area contributed by atoms with Crippen molar-refractivity contribution < 1.29 is 0 Å². The van der Waals surface area contributed by atoms with Crippen molar-refractivity contribution in [2.75, 3.05) is 6.54 Å². The summed E-state index contributed by atoms with van der Waals surface area (Å²) in [4.78, 5) is 4.53. The SMILES string of the molecule is CCNC(Cn1cnc2ccccc21)C1CCCCCC1. The molecule has 1 aromatic heterocycles. The molecule has 1 unspecified atom stereocenters. The maximum absolute atomic E-state index is 4.53. The van der Waals surface area contributed by atoms with Gasteiger partial charge in [-0.25, -0.2) is 4.98 Å². The largest absolute Gasteiger partial charge is 0.329 e. The molecule has 0 radical (unpaired) electrons. The molecule has 0 aliphatic heterocycles. The predicted molar refractivity (Wildman–Crippen MR) is 88.4 cm³/mol. The van der Waals surface area contributed by atoms with E-state index in [1.54, 1.807) is 0 Å². The molecule has 0 amide bonds. The standard InChI is InChI=1S/C18H27N3/c1-2-19-17(15-9-5-3-4-6-10-15)13-21-14-20-16-11-7-8-12-18(16)21/h7-8,11-12,14-15,17,19H,2-6,9-10,13H2,1H3. The van der Waals surface area contributed by atoms with Crippen LogP contribution < -0.4 is 5.32 Å². The molecule has 1 aliphatic rings. The van der Waals surface area contributed by atoms with E-state index in [2.05, 4.69) is 46.1 Å². The van der Waals surface area contributed by atoms with Crippen molar-refractivity contribution in [1.82, 2.24) is 14.9 Å². The Morgan fingerprint density at radius 3 is 2.71 bits per heavy atom. The second kappa shape index (κ2) is 7.08.